The Morgan fingerprint density at radius 3 is 2.00 bits per heavy atom. The fourth-order valence-corrected chi connectivity index (χ4v) is 3.21. The van der Waals surface area contributed by atoms with Crippen LogP contribution >= 0.6 is 0 Å². The number of ether oxygens (including phenoxy) is 5. The quantitative estimate of drug-likeness (QED) is 0.323. The molecule has 0 spiro atoms. The van der Waals surface area contributed by atoms with Crippen LogP contribution in [0, 0.1) is 0 Å². The summed E-state index contributed by atoms with van der Waals surface area (Å²) in [6, 6.07) is -0.938. The van der Waals surface area contributed by atoms with Crippen molar-refractivity contribution >= 4 is 11.9 Å². The minimum Gasteiger partial charge on any atom is -0.459 e. The first-order valence-corrected chi connectivity index (χ1v) is 7.47. The van der Waals surface area contributed by atoms with E-state index in [1.54, 1.807) is 13.8 Å². The van der Waals surface area contributed by atoms with E-state index >= 15 is 0 Å². The van der Waals surface area contributed by atoms with Gasteiger partial charge in [0.2, 0.25) is 0 Å². The minimum absolute atomic E-state index is 0.542. The molecule has 1 saturated heterocycles. The van der Waals surface area contributed by atoms with Gasteiger partial charge < -0.3 is 23.7 Å². The Morgan fingerprint density at radius 2 is 1.54 bits per heavy atom. The average molecular weight is 343 g/mol. The van der Waals surface area contributed by atoms with Gasteiger partial charge in [-0.1, -0.05) is 5.11 Å². The lowest BCUT2D eigenvalue weighted by Crippen LogP contribution is -2.64. The molecule has 0 amide bonds. The van der Waals surface area contributed by atoms with Crippen molar-refractivity contribution < 1.29 is 33.3 Å². The van der Waals surface area contributed by atoms with Gasteiger partial charge in [0.05, 0.1) is 0 Å². The molecule has 0 aromatic heterocycles. The van der Waals surface area contributed by atoms with Gasteiger partial charge in [-0.3, -0.25) is 9.59 Å². The molecule has 10 heteroatoms. The topological polar surface area (TPSA) is 129 Å². The van der Waals surface area contributed by atoms with Gasteiger partial charge in [0.25, 0.3) is 0 Å². The van der Waals surface area contributed by atoms with Crippen molar-refractivity contribution in [2.24, 2.45) is 5.11 Å². The van der Waals surface area contributed by atoms with Crippen LogP contribution in [0.2, 0.25) is 0 Å². The molecule has 6 atom stereocenters. The van der Waals surface area contributed by atoms with Crippen molar-refractivity contribution in [2.45, 2.75) is 70.0 Å². The van der Waals surface area contributed by atoms with E-state index in [4.69, 9.17) is 29.2 Å². The van der Waals surface area contributed by atoms with E-state index in [1.165, 1.54) is 21.0 Å². The number of esters is 2. The van der Waals surface area contributed by atoms with Crippen LogP contribution in [0.1, 0.15) is 27.7 Å². The number of fused-ring (bicyclic) bond motifs is 1. The third-order valence-electron chi connectivity index (χ3n) is 3.87. The van der Waals surface area contributed by atoms with Gasteiger partial charge in [0.15, 0.2) is 11.9 Å². The highest BCUT2D eigenvalue weighted by Gasteiger charge is 2.61. The van der Waals surface area contributed by atoms with Crippen LogP contribution in [-0.4, -0.2) is 61.4 Å². The summed E-state index contributed by atoms with van der Waals surface area (Å²) in [6.07, 6.45) is -4.16. The average Bonchev–Trinajstić information content (AvgIpc) is 2.78. The third-order valence-corrected chi connectivity index (χ3v) is 3.87. The second kappa shape index (κ2) is 6.94. The SMILES string of the molecule is CO[C@H]1[C@H](N=[N+]=[N-])[C@@H](OC(C)=O)[C@@H]2OC(C)(C)O[C@@H]2[C@H]1OC(C)=O. The third kappa shape index (κ3) is 3.62. The summed E-state index contributed by atoms with van der Waals surface area (Å²) in [6.45, 7) is 5.86. The summed E-state index contributed by atoms with van der Waals surface area (Å²) in [7, 11) is 1.38. The van der Waals surface area contributed by atoms with Crippen molar-refractivity contribution in [2.75, 3.05) is 7.11 Å². The summed E-state index contributed by atoms with van der Waals surface area (Å²) in [4.78, 5) is 25.8. The van der Waals surface area contributed by atoms with E-state index in [0.29, 0.717) is 0 Å². The van der Waals surface area contributed by atoms with Gasteiger partial charge in [-0.05, 0) is 19.4 Å². The van der Waals surface area contributed by atoms with Crippen molar-refractivity contribution in [3.63, 3.8) is 0 Å². The summed E-state index contributed by atoms with van der Waals surface area (Å²) < 4.78 is 27.7. The molecule has 1 aliphatic heterocycles. The standard InChI is InChI=1S/C14H21N3O7/c1-6(18)21-10-8(16-17-15)9(20-5)11(22-7(2)19)13-12(10)23-14(3,4)24-13/h8-13H,1-5H3/t8-,9-,10+,11-,12-,13+/m0/s1. The Hall–Kier alpha value is -1.87. The van der Waals surface area contributed by atoms with Gasteiger partial charge in [-0.2, -0.15) is 0 Å². The van der Waals surface area contributed by atoms with Crippen LogP contribution in [0.4, 0.5) is 0 Å². The number of hydrogen-bond acceptors (Lipinski definition) is 8. The van der Waals surface area contributed by atoms with Crippen molar-refractivity contribution in [1.82, 2.24) is 0 Å². The van der Waals surface area contributed by atoms with E-state index in [-0.39, 0.29) is 0 Å². The normalized spacial score (nSPS) is 37.0. The minimum atomic E-state index is -0.990. The Kier molecular flexibility index (Phi) is 5.34. The molecule has 0 bridgehead atoms. The molecular weight excluding hydrogens is 322 g/mol. The van der Waals surface area contributed by atoms with Crippen LogP contribution in [0.3, 0.4) is 0 Å². The number of hydrogen-bond donors (Lipinski definition) is 0. The number of carbonyl (C=O) groups excluding carboxylic acids is 2. The first kappa shape index (κ1) is 18.5. The van der Waals surface area contributed by atoms with Crippen LogP contribution in [-0.2, 0) is 33.3 Å². The summed E-state index contributed by atoms with van der Waals surface area (Å²) in [5, 5.41) is 3.69. The van der Waals surface area contributed by atoms with Crippen molar-refractivity contribution in [3.8, 4) is 0 Å². The highest BCUT2D eigenvalue weighted by molar-refractivity contribution is 5.67. The second-order valence-electron chi connectivity index (χ2n) is 6.11. The molecular formula is C14H21N3O7. The zero-order valence-corrected chi connectivity index (χ0v) is 14.2. The van der Waals surface area contributed by atoms with E-state index < -0.39 is 54.3 Å². The molecule has 1 heterocycles. The zero-order chi connectivity index (χ0) is 18.1. The number of nitrogens with zero attached hydrogens (tertiary/aromatic N) is 3. The number of carbonyl (C=O) groups is 2. The first-order chi connectivity index (χ1) is 11.2. The van der Waals surface area contributed by atoms with Crippen LogP contribution in [0.5, 0.6) is 0 Å². The molecule has 2 fully saturated rings. The molecule has 0 aromatic carbocycles. The Balaban J connectivity index is 2.47. The zero-order valence-electron chi connectivity index (χ0n) is 14.2. The molecule has 134 valence electrons. The molecule has 1 saturated carbocycles. The summed E-state index contributed by atoms with van der Waals surface area (Å²) in [5.41, 5.74) is 8.88. The van der Waals surface area contributed by atoms with Crippen molar-refractivity contribution in [3.05, 3.63) is 10.4 Å². The molecule has 10 nitrogen and oxygen atoms in total. The van der Waals surface area contributed by atoms with Crippen LogP contribution in [0.25, 0.3) is 10.4 Å². The fraction of sp³-hybridized carbons (Fsp3) is 0.857. The van der Waals surface area contributed by atoms with E-state index in [1.807, 2.05) is 0 Å². The molecule has 24 heavy (non-hydrogen) atoms. The summed E-state index contributed by atoms with van der Waals surface area (Å²) >= 11 is 0. The lowest BCUT2D eigenvalue weighted by molar-refractivity contribution is -0.196. The Morgan fingerprint density at radius 1 is 1.04 bits per heavy atom. The predicted molar refractivity (Wildman–Crippen MR) is 78.7 cm³/mol. The lowest BCUT2D eigenvalue weighted by Gasteiger charge is -2.43. The molecule has 1 aliphatic carbocycles. The van der Waals surface area contributed by atoms with Crippen LogP contribution in [0.15, 0.2) is 5.11 Å². The molecule has 0 N–H and O–H groups in total. The lowest BCUT2D eigenvalue weighted by atomic mass is 9.83. The molecule has 0 aromatic rings. The molecule has 0 unspecified atom stereocenters. The van der Waals surface area contributed by atoms with E-state index in [0.717, 1.165) is 0 Å². The maximum absolute atomic E-state index is 11.5. The van der Waals surface area contributed by atoms with Gasteiger partial charge in [0.1, 0.15) is 30.5 Å². The highest BCUT2D eigenvalue weighted by Crippen LogP contribution is 2.41. The highest BCUT2D eigenvalue weighted by atomic mass is 16.8. The number of rotatable bonds is 4. The maximum atomic E-state index is 11.5. The number of azide groups is 1. The van der Waals surface area contributed by atoms with Gasteiger partial charge in [-0.15, -0.1) is 0 Å². The first-order valence-electron chi connectivity index (χ1n) is 7.47. The molecule has 0 radical (unpaired) electrons. The van der Waals surface area contributed by atoms with E-state index in [2.05, 4.69) is 10.0 Å². The van der Waals surface area contributed by atoms with Crippen molar-refractivity contribution in [1.29, 1.82) is 0 Å². The van der Waals surface area contributed by atoms with Gasteiger partial charge in [0, 0.05) is 25.9 Å². The van der Waals surface area contributed by atoms with E-state index in [9.17, 15) is 9.59 Å². The summed E-state index contributed by atoms with van der Waals surface area (Å²) in [5.74, 6) is -2.10. The van der Waals surface area contributed by atoms with Crippen LogP contribution < -0.4 is 0 Å². The molecule has 2 aliphatic rings. The largest absolute Gasteiger partial charge is 0.459 e. The fourth-order valence-electron chi connectivity index (χ4n) is 3.21. The predicted octanol–water partition coefficient (Wildman–Crippen LogP) is 1.08. The second-order valence-corrected chi connectivity index (χ2v) is 6.11. The maximum Gasteiger partial charge on any atom is 0.303 e. The van der Waals surface area contributed by atoms with Gasteiger partial charge >= 0.3 is 11.9 Å². The Bertz CT molecular complexity index is 561. The monoisotopic (exact) mass is 343 g/mol. The number of methoxy groups -OCH3 is 1. The molecule has 2 rings (SSSR count). The Labute approximate surface area is 138 Å². The smallest absolute Gasteiger partial charge is 0.303 e. The van der Waals surface area contributed by atoms with Gasteiger partial charge in [-0.25, -0.2) is 0 Å².